The molecule has 1 unspecified atom stereocenters. The quantitative estimate of drug-likeness (QED) is 0.834. The Bertz CT molecular complexity index is 699. The minimum atomic E-state index is 0. The smallest absolute Gasteiger partial charge is 0.230 e. The molecule has 2 heterocycles. The van der Waals surface area contributed by atoms with Gasteiger partial charge in [-0.2, -0.15) is 0 Å². The van der Waals surface area contributed by atoms with E-state index < -0.39 is 0 Å². The molecule has 0 spiro atoms. The summed E-state index contributed by atoms with van der Waals surface area (Å²) in [7, 11) is 0. The Morgan fingerprint density at radius 3 is 3.04 bits per heavy atom. The van der Waals surface area contributed by atoms with Gasteiger partial charge in [-0.15, -0.1) is 23.7 Å². The molecule has 2 N–H and O–H groups in total. The summed E-state index contributed by atoms with van der Waals surface area (Å²) in [4.78, 5) is 17.9. The topological polar surface area (TPSA) is 54.0 Å². The lowest BCUT2D eigenvalue weighted by Gasteiger charge is -2.21. The van der Waals surface area contributed by atoms with Crippen LogP contribution < -0.4 is 10.6 Å². The number of piperidine rings is 1. The maximum absolute atomic E-state index is 12.3. The number of halogens is 2. The van der Waals surface area contributed by atoms with Crippen molar-refractivity contribution in [1.82, 2.24) is 10.3 Å². The van der Waals surface area contributed by atoms with Gasteiger partial charge in [0.1, 0.15) is 0 Å². The van der Waals surface area contributed by atoms with Gasteiger partial charge in [0.25, 0.3) is 0 Å². The molecule has 0 bridgehead atoms. The minimum absolute atomic E-state index is 0. The second-order valence-corrected chi connectivity index (χ2v) is 7.39. The predicted molar refractivity (Wildman–Crippen MR) is 103 cm³/mol. The zero-order valence-electron chi connectivity index (χ0n) is 13.5. The molecule has 130 valence electrons. The van der Waals surface area contributed by atoms with Crippen molar-refractivity contribution in [2.45, 2.75) is 26.2 Å². The van der Waals surface area contributed by atoms with E-state index in [0.29, 0.717) is 5.13 Å². The highest BCUT2D eigenvalue weighted by Gasteiger charge is 2.22. The van der Waals surface area contributed by atoms with Crippen LogP contribution in [0, 0.1) is 12.8 Å². The number of thiazole rings is 1. The number of anilines is 1. The predicted octanol–water partition coefficient (Wildman–Crippen LogP) is 4.06. The monoisotopic (exact) mass is 385 g/mol. The highest BCUT2D eigenvalue weighted by molar-refractivity contribution is 7.15. The molecule has 1 amide bonds. The van der Waals surface area contributed by atoms with Gasteiger partial charge in [0, 0.05) is 22.9 Å². The Morgan fingerprint density at radius 2 is 2.33 bits per heavy atom. The number of aromatic nitrogens is 1. The van der Waals surface area contributed by atoms with Gasteiger partial charge in [-0.1, -0.05) is 23.7 Å². The summed E-state index contributed by atoms with van der Waals surface area (Å²) in [6.07, 6.45) is 2.78. The van der Waals surface area contributed by atoms with E-state index in [9.17, 15) is 4.79 Å². The van der Waals surface area contributed by atoms with Gasteiger partial charge < -0.3 is 10.6 Å². The van der Waals surface area contributed by atoms with Crippen LogP contribution in [-0.2, 0) is 11.2 Å². The molecular formula is C17H21Cl2N3OS. The number of carbonyl (C=O) groups is 1. The lowest BCUT2D eigenvalue weighted by Crippen LogP contribution is -2.37. The molecule has 1 aromatic heterocycles. The van der Waals surface area contributed by atoms with Crippen molar-refractivity contribution >= 4 is 46.4 Å². The van der Waals surface area contributed by atoms with E-state index in [0.717, 1.165) is 53.5 Å². The molecule has 3 rings (SSSR count). The van der Waals surface area contributed by atoms with Crippen LogP contribution in [0.1, 0.15) is 29.0 Å². The van der Waals surface area contributed by atoms with E-state index in [-0.39, 0.29) is 24.2 Å². The summed E-state index contributed by atoms with van der Waals surface area (Å²) >= 11 is 7.58. The lowest BCUT2D eigenvalue weighted by atomic mass is 9.99. The number of rotatable bonds is 4. The second kappa shape index (κ2) is 8.81. The van der Waals surface area contributed by atoms with Gasteiger partial charge in [0.15, 0.2) is 5.13 Å². The van der Waals surface area contributed by atoms with E-state index >= 15 is 0 Å². The molecule has 4 nitrogen and oxygen atoms in total. The van der Waals surface area contributed by atoms with Crippen LogP contribution in [0.5, 0.6) is 0 Å². The lowest BCUT2D eigenvalue weighted by molar-refractivity contribution is -0.120. The summed E-state index contributed by atoms with van der Waals surface area (Å²) in [6, 6.07) is 7.84. The third-order valence-corrected chi connectivity index (χ3v) is 5.35. The molecule has 1 saturated heterocycles. The molecule has 0 saturated carbocycles. The van der Waals surface area contributed by atoms with Crippen LogP contribution in [0.4, 0.5) is 5.13 Å². The zero-order valence-corrected chi connectivity index (χ0v) is 15.9. The Labute approximate surface area is 157 Å². The van der Waals surface area contributed by atoms with E-state index in [2.05, 4.69) is 21.7 Å². The van der Waals surface area contributed by atoms with Crippen LogP contribution in [0.15, 0.2) is 24.3 Å². The highest BCUT2D eigenvalue weighted by Crippen LogP contribution is 2.26. The molecule has 24 heavy (non-hydrogen) atoms. The number of hydrogen-bond donors (Lipinski definition) is 2. The van der Waals surface area contributed by atoms with Crippen molar-refractivity contribution < 1.29 is 4.79 Å². The number of amides is 1. The van der Waals surface area contributed by atoms with E-state index in [1.54, 1.807) is 11.3 Å². The summed E-state index contributed by atoms with van der Waals surface area (Å²) in [5.74, 6) is 0.115. The third kappa shape index (κ3) is 4.93. The first-order valence-corrected chi connectivity index (χ1v) is 9.03. The van der Waals surface area contributed by atoms with Gasteiger partial charge in [0.2, 0.25) is 5.91 Å². The molecule has 2 aromatic rings. The fourth-order valence-electron chi connectivity index (χ4n) is 2.76. The standard InChI is InChI=1S/C17H20ClN3OS.ClH/c1-11-15(9-12-4-2-6-14(18)8-12)23-17(20-11)21-16(22)13-5-3-7-19-10-13;/h2,4,6,8,13,19H,3,5,7,9-10H2,1H3,(H,20,21,22);1H. The summed E-state index contributed by atoms with van der Waals surface area (Å²) in [5, 5.41) is 7.67. The summed E-state index contributed by atoms with van der Waals surface area (Å²) in [5.41, 5.74) is 2.12. The van der Waals surface area contributed by atoms with Gasteiger partial charge in [-0.3, -0.25) is 4.79 Å². The number of aryl methyl sites for hydroxylation is 1. The average molecular weight is 386 g/mol. The SMILES string of the molecule is Cc1nc(NC(=O)C2CCCNC2)sc1Cc1cccc(Cl)c1.Cl. The second-order valence-electron chi connectivity index (χ2n) is 5.87. The molecule has 7 heteroatoms. The number of benzene rings is 1. The van der Waals surface area contributed by atoms with Crippen LogP contribution in [-0.4, -0.2) is 24.0 Å². The van der Waals surface area contributed by atoms with Crippen molar-refractivity contribution in [3.8, 4) is 0 Å². The Hall–Kier alpha value is -1.14. The maximum atomic E-state index is 12.3. The summed E-state index contributed by atoms with van der Waals surface area (Å²) < 4.78 is 0. The van der Waals surface area contributed by atoms with Crippen molar-refractivity contribution in [2.75, 3.05) is 18.4 Å². The van der Waals surface area contributed by atoms with Gasteiger partial charge >= 0.3 is 0 Å². The van der Waals surface area contributed by atoms with Crippen molar-refractivity contribution in [3.63, 3.8) is 0 Å². The van der Waals surface area contributed by atoms with Crippen molar-refractivity contribution in [3.05, 3.63) is 45.4 Å². The zero-order chi connectivity index (χ0) is 16.2. The first-order valence-electron chi connectivity index (χ1n) is 7.84. The van der Waals surface area contributed by atoms with Gasteiger partial charge in [-0.25, -0.2) is 4.98 Å². The fraction of sp³-hybridized carbons (Fsp3) is 0.412. The third-order valence-electron chi connectivity index (χ3n) is 4.04. The molecular weight excluding hydrogens is 365 g/mol. The van der Waals surface area contributed by atoms with Crippen LogP contribution in [0.25, 0.3) is 0 Å². The highest BCUT2D eigenvalue weighted by atomic mass is 35.5. The Balaban J connectivity index is 0.00000208. The average Bonchev–Trinajstić information content (AvgIpc) is 2.87. The first-order chi connectivity index (χ1) is 11.1. The Kier molecular flexibility index (Phi) is 7.04. The maximum Gasteiger partial charge on any atom is 0.230 e. The van der Waals surface area contributed by atoms with Crippen LogP contribution in [0.2, 0.25) is 5.02 Å². The van der Waals surface area contributed by atoms with Crippen LogP contribution in [0.3, 0.4) is 0 Å². The normalized spacial score (nSPS) is 17.2. The van der Waals surface area contributed by atoms with Gasteiger partial charge in [-0.05, 0) is 44.0 Å². The molecule has 1 aliphatic rings. The number of hydrogen-bond acceptors (Lipinski definition) is 4. The largest absolute Gasteiger partial charge is 0.316 e. The Morgan fingerprint density at radius 1 is 1.50 bits per heavy atom. The number of carbonyl (C=O) groups excluding carboxylic acids is 1. The van der Waals surface area contributed by atoms with Crippen molar-refractivity contribution in [2.24, 2.45) is 5.92 Å². The van der Waals surface area contributed by atoms with Crippen LogP contribution >= 0.6 is 35.3 Å². The number of nitrogens with zero attached hydrogens (tertiary/aromatic N) is 1. The fourth-order valence-corrected chi connectivity index (χ4v) is 3.97. The molecule has 1 aliphatic heterocycles. The minimum Gasteiger partial charge on any atom is -0.316 e. The molecule has 1 aromatic carbocycles. The molecule has 0 radical (unpaired) electrons. The van der Waals surface area contributed by atoms with E-state index in [4.69, 9.17) is 11.6 Å². The summed E-state index contributed by atoms with van der Waals surface area (Å²) in [6.45, 7) is 3.74. The van der Waals surface area contributed by atoms with E-state index in [1.165, 1.54) is 0 Å². The molecule has 1 atom stereocenters. The van der Waals surface area contributed by atoms with Crippen molar-refractivity contribution in [1.29, 1.82) is 0 Å². The first kappa shape index (κ1) is 19.2. The number of nitrogens with one attached hydrogen (secondary N) is 2. The van der Waals surface area contributed by atoms with Gasteiger partial charge in [0.05, 0.1) is 11.6 Å². The molecule has 1 fully saturated rings. The molecule has 0 aliphatic carbocycles. The van der Waals surface area contributed by atoms with E-state index in [1.807, 2.05) is 25.1 Å².